The van der Waals surface area contributed by atoms with Crippen molar-refractivity contribution in [2.24, 2.45) is 0 Å². The molecular weight excluding hydrogens is 673 g/mol. The van der Waals surface area contributed by atoms with Crippen molar-refractivity contribution < 1.29 is 111 Å². The van der Waals surface area contributed by atoms with Crippen LogP contribution in [0.2, 0.25) is 0 Å². The predicted octanol–water partition coefficient (Wildman–Crippen LogP) is 8.71. The largest absolute Gasteiger partial charge is 0.478 e. The first-order valence-corrected chi connectivity index (χ1v) is 9.57. The highest BCUT2D eigenvalue weighted by Crippen LogP contribution is 2.67. The van der Waals surface area contributed by atoms with Gasteiger partial charge in [0, 0.05) is 12.0 Å². The molecule has 25 heteroatoms. The van der Waals surface area contributed by atoms with E-state index < -0.39 is 89.8 Å². The summed E-state index contributed by atoms with van der Waals surface area (Å²) < 4.78 is 307. The fourth-order valence-corrected chi connectivity index (χ4v) is 2.66. The number of aliphatic carboxylic acids is 1. The Hall–Kier alpha value is -2.40. The molecule has 0 aromatic carbocycles. The van der Waals surface area contributed by atoms with Crippen LogP contribution in [0.3, 0.4) is 0 Å². The summed E-state index contributed by atoms with van der Waals surface area (Å²) in [6, 6.07) is 0. The van der Waals surface area contributed by atoms with Gasteiger partial charge in [-0.05, 0) is 13.3 Å². The van der Waals surface area contributed by atoms with Gasteiger partial charge < -0.3 is 5.11 Å². The quantitative estimate of drug-likeness (QED) is 0.165. The van der Waals surface area contributed by atoms with E-state index in [1.165, 1.54) is 0 Å². The molecular formula is C17H9F23O2. The van der Waals surface area contributed by atoms with Crippen LogP contribution in [-0.2, 0) is 4.79 Å². The van der Waals surface area contributed by atoms with Crippen LogP contribution >= 0.6 is 0 Å². The number of alkyl halides is 23. The van der Waals surface area contributed by atoms with Crippen molar-refractivity contribution in [3.05, 3.63) is 11.6 Å². The zero-order valence-electron chi connectivity index (χ0n) is 19.0. The zero-order chi connectivity index (χ0) is 34.8. The fourth-order valence-electron chi connectivity index (χ4n) is 2.66. The molecule has 0 fully saturated rings. The molecule has 0 spiro atoms. The van der Waals surface area contributed by atoms with E-state index in [0.29, 0.717) is 6.92 Å². The summed E-state index contributed by atoms with van der Waals surface area (Å²) in [7, 11) is 0. The lowest BCUT2D eigenvalue weighted by Crippen LogP contribution is -2.79. The lowest BCUT2D eigenvalue weighted by molar-refractivity contribution is -0.481. The van der Waals surface area contributed by atoms with E-state index in [1.54, 1.807) is 0 Å². The van der Waals surface area contributed by atoms with Crippen molar-refractivity contribution in [3.63, 3.8) is 0 Å². The summed E-state index contributed by atoms with van der Waals surface area (Å²) >= 11 is 0. The minimum atomic E-state index is -9.50. The molecule has 0 saturated heterocycles. The molecule has 0 rings (SSSR count). The minimum Gasteiger partial charge on any atom is -0.478 e. The summed E-state index contributed by atoms with van der Waals surface area (Å²) in [6.45, 7) is 0.518. The van der Waals surface area contributed by atoms with Crippen LogP contribution in [0.25, 0.3) is 0 Å². The number of carboxylic acids is 1. The van der Waals surface area contributed by atoms with E-state index in [2.05, 4.69) is 0 Å². The Morgan fingerprint density at radius 1 is 0.500 bits per heavy atom. The van der Waals surface area contributed by atoms with Gasteiger partial charge in [0.1, 0.15) is 0 Å². The number of carbonyl (C=O) groups is 1. The van der Waals surface area contributed by atoms with Gasteiger partial charge >= 0.3 is 71.4 Å². The molecule has 0 aliphatic carbocycles. The summed E-state index contributed by atoms with van der Waals surface area (Å²) in [5, 5.41) is 8.39. The van der Waals surface area contributed by atoms with Gasteiger partial charge in [0.15, 0.2) is 0 Å². The number of carboxylic acid groups (broad SMARTS) is 1. The fraction of sp³-hybridized carbons (Fsp3) is 0.824. The molecule has 0 aromatic heterocycles. The Labute approximate surface area is 215 Å². The van der Waals surface area contributed by atoms with Crippen LogP contribution in [-0.4, -0.2) is 76.5 Å². The van der Waals surface area contributed by atoms with Crippen molar-refractivity contribution in [2.45, 2.75) is 85.2 Å². The molecule has 1 N–H and O–H groups in total. The van der Waals surface area contributed by atoms with Gasteiger partial charge in [-0.2, -0.15) is 96.6 Å². The molecule has 0 aliphatic rings. The third-order valence-electron chi connectivity index (χ3n) is 5.29. The van der Waals surface area contributed by atoms with Gasteiger partial charge in [0.2, 0.25) is 0 Å². The highest BCUT2D eigenvalue weighted by Gasteiger charge is 2.99. The Morgan fingerprint density at radius 2 is 0.762 bits per heavy atom. The van der Waals surface area contributed by atoms with E-state index in [9.17, 15) is 106 Å². The first-order valence-electron chi connectivity index (χ1n) is 9.57. The number of hydrogen-bond acceptors (Lipinski definition) is 1. The van der Waals surface area contributed by atoms with Crippen molar-refractivity contribution in [1.82, 2.24) is 0 Å². The molecule has 0 atom stereocenters. The van der Waals surface area contributed by atoms with Crippen molar-refractivity contribution in [3.8, 4) is 0 Å². The van der Waals surface area contributed by atoms with Crippen LogP contribution < -0.4 is 0 Å². The van der Waals surface area contributed by atoms with E-state index in [0.717, 1.165) is 0 Å². The highest BCUT2D eigenvalue weighted by molar-refractivity contribution is 5.85. The van der Waals surface area contributed by atoms with Crippen LogP contribution in [0.5, 0.6) is 0 Å². The number of halogens is 23. The van der Waals surface area contributed by atoms with Gasteiger partial charge in [0.05, 0.1) is 0 Å². The lowest BCUT2D eigenvalue weighted by Gasteiger charge is -2.46. The van der Waals surface area contributed by atoms with Crippen molar-refractivity contribution >= 4 is 5.97 Å². The highest BCUT2D eigenvalue weighted by atomic mass is 19.4. The Morgan fingerprint density at radius 3 is 1.02 bits per heavy atom. The second kappa shape index (κ2) is 10.4. The smallest absolute Gasteiger partial charge is 0.438 e. The zero-order valence-corrected chi connectivity index (χ0v) is 19.0. The summed E-state index contributed by atoms with van der Waals surface area (Å²) in [4.78, 5) is 10.4. The van der Waals surface area contributed by atoms with Gasteiger partial charge in [-0.1, -0.05) is 6.08 Å². The monoisotopic (exact) mass is 682 g/mol. The minimum absolute atomic E-state index is 0.0154. The first kappa shape index (κ1) is 39.6. The Balaban J connectivity index is 7.15. The second-order valence-corrected chi connectivity index (χ2v) is 8.11. The summed E-state index contributed by atoms with van der Waals surface area (Å²) in [6.07, 6.45) is -21.9. The SMILES string of the molecule is C/C(=C\CCC(F)(F)C(F)(F)C(F)(F)C(F)(F)C(F)(F)C(F)(F)C(F)(F)C(F)(F)C(F)(C(F)(F)F)C(F)(F)F)C(=O)O. The van der Waals surface area contributed by atoms with Crippen LogP contribution in [0.1, 0.15) is 19.8 Å². The lowest BCUT2D eigenvalue weighted by atomic mass is 9.82. The molecule has 0 radical (unpaired) electrons. The predicted molar refractivity (Wildman–Crippen MR) is 86.2 cm³/mol. The molecule has 0 unspecified atom stereocenters. The van der Waals surface area contributed by atoms with Gasteiger partial charge in [0.25, 0.3) is 0 Å². The Kier molecular flexibility index (Phi) is 9.76. The molecule has 42 heavy (non-hydrogen) atoms. The van der Waals surface area contributed by atoms with Crippen molar-refractivity contribution in [1.29, 1.82) is 0 Å². The van der Waals surface area contributed by atoms with Gasteiger partial charge in [-0.15, -0.1) is 0 Å². The van der Waals surface area contributed by atoms with E-state index in [4.69, 9.17) is 5.11 Å². The molecule has 0 saturated carbocycles. The maximum Gasteiger partial charge on any atom is 0.438 e. The molecule has 0 bridgehead atoms. The maximum absolute atomic E-state index is 13.7. The van der Waals surface area contributed by atoms with Crippen LogP contribution in [0, 0.1) is 0 Å². The average molecular weight is 682 g/mol. The van der Waals surface area contributed by atoms with E-state index in [1.807, 2.05) is 0 Å². The molecule has 0 aromatic rings. The standard InChI is InChI=1S/C17H9F23O2/c1-5(6(41)42)3-2-4-7(18,19)9(21,22)11(25,26)13(29,30)15(33,34)14(31,32)12(27,28)10(23,24)8(20,16(35,36)37)17(38,39)40/h3H,2,4H2,1H3,(H,41,42)/b5-3+. The second-order valence-electron chi connectivity index (χ2n) is 8.11. The van der Waals surface area contributed by atoms with Gasteiger partial charge in [-0.3, -0.25) is 0 Å². The number of allylic oxidation sites excluding steroid dienone is 1. The molecule has 2 nitrogen and oxygen atoms in total. The summed E-state index contributed by atoms with van der Waals surface area (Å²) in [5.74, 6) is -72.8. The topological polar surface area (TPSA) is 37.3 Å². The number of hydrogen-bond donors (Lipinski definition) is 1. The van der Waals surface area contributed by atoms with Crippen LogP contribution in [0.4, 0.5) is 101 Å². The molecule has 250 valence electrons. The average Bonchev–Trinajstić information content (AvgIpc) is 2.75. The third kappa shape index (κ3) is 5.18. The Bertz CT molecular complexity index is 1020. The number of rotatable bonds is 12. The first-order chi connectivity index (χ1) is 17.8. The van der Waals surface area contributed by atoms with E-state index >= 15 is 0 Å². The normalized spacial score (nSPS) is 16.6. The maximum atomic E-state index is 13.7. The third-order valence-corrected chi connectivity index (χ3v) is 5.29. The van der Waals surface area contributed by atoms with Crippen molar-refractivity contribution in [2.75, 3.05) is 0 Å². The van der Waals surface area contributed by atoms with E-state index in [-0.39, 0.29) is 6.08 Å². The molecule has 0 heterocycles. The van der Waals surface area contributed by atoms with Crippen LogP contribution in [0.15, 0.2) is 11.6 Å². The molecule has 0 aliphatic heterocycles. The molecule has 0 amide bonds. The van der Waals surface area contributed by atoms with Gasteiger partial charge in [-0.25, -0.2) is 9.18 Å². The summed E-state index contributed by atoms with van der Waals surface area (Å²) in [5.41, 5.74) is -10.1.